The monoisotopic (exact) mass is 226 g/mol. The van der Waals surface area contributed by atoms with E-state index in [-0.39, 0.29) is 18.0 Å². The molecule has 10 radical (unpaired) electrons. The Hall–Kier alpha value is -0.660. The van der Waals surface area contributed by atoms with E-state index in [1.807, 2.05) is 39.5 Å². The van der Waals surface area contributed by atoms with Crippen LogP contribution in [0.1, 0.15) is 20.3 Å². The number of hydrogen-bond donors (Lipinski definition) is 0. The summed E-state index contributed by atoms with van der Waals surface area (Å²) in [6, 6.07) is 0. The van der Waals surface area contributed by atoms with Gasteiger partial charge in [0.05, 0.1) is 18.3 Å². The van der Waals surface area contributed by atoms with Gasteiger partial charge in [-0.3, -0.25) is 9.59 Å². The topological polar surface area (TPSA) is 34.1 Å². The molecule has 2 heteroatoms. The quantitative estimate of drug-likeness (QED) is 0.688. The van der Waals surface area contributed by atoms with Crippen molar-refractivity contribution in [1.82, 2.24) is 0 Å². The zero-order valence-electron chi connectivity index (χ0n) is 9.99. The first kappa shape index (κ1) is 12.8. The van der Waals surface area contributed by atoms with Gasteiger partial charge < -0.3 is 0 Å². The van der Waals surface area contributed by atoms with E-state index in [0.29, 0.717) is 11.8 Å². The van der Waals surface area contributed by atoms with Gasteiger partial charge in [-0.1, -0.05) is 13.8 Å². The largest absolute Gasteiger partial charge is 0.299 e. The smallest absolute Gasteiger partial charge is 0.148 e. The Labute approximate surface area is 104 Å². The molecule has 17 heavy (non-hydrogen) atoms. The first-order valence-electron chi connectivity index (χ1n) is 5.60. The van der Waals surface area contributed by atoms with Crippen molar-refractivity contribution in [1.29, 1.82) is 0 Å². The molecule has 0 bridgehead atoms. The van der Waals surface area contributed by atoms with Crippen LogP contribution in [0.3, 0.4) is 0 Å². The van der Waals surface area contributed by atoms with Crippen LogP contribution in [0.4, 0.5) is 0 Å². The molecule has 86 valence electrons. The van der Waals surface area contributed by atoms with Crippen LogP contribution in [0.25, 0.3) is 0 Å². The lowest BCUT2D eigenvalue weighted by Crippen LogP contribution is -2.22. The Kier molecular flexibility index (Phi) is 4.01. The predicted octanol–water partition coefficient (Wildman–Crippen LogP) is 2.11. The zero-order chi connectivity index (χ0) is 12.4. The van der Waals surface area contributed by atoms with Crippen molar-refractivity contribution in [3.8, 4) is 0 Å². The Balaban J connectivity index is 1.88. The van der Waals surface area contributed by atoms with Crippen molar-refractivity contribution >= 4 is 11.6 Å². The lowest BCUT2D eigenvalue weighted by atomic mass is 9.86. The molecule has 0 aliphatic heterocycles. The Morgan fingerprint density at radius 3 is 1.53 bits per heavy atom. The number of carbonyl (C=O) groups excluding carboxylic acids is 2. The molecule has 0 aromatic heterocycles. The van der Waals surface area contributed by atoms with E-state index in [1.54, 1.807) is 12.8 Å². The highest BCUT2D eigenvalue weighted by Gasteiger charge is 2.36. The van der Waals surface area contributed by atoms with Gasteiger partial charge in [-0.05, 0) is 50.4 Å². The Morgan fingerprint density at radius 2 is 1.24 bits per heavy atom. The fourth-order valence-electron chi connectivity index (χ4n) is 1.98. The SMILES string of the molecule is C[C]1[CH][CH][CH][C]1C(=O)CC(=O)[C]1[CH][CH][CH][C]1C. The number of ketones is 2. The molecule has 2 aliphatic rings. The molecule has 0 atom stereocenters. The average molecular weight is 226 g/mol. The van der Waals surface area contributed by atoms with Gasteiger partial charge in [-0.25, -0.2) is 0 Å². The van der Waals surface area contributed by atoms with Crippen LogP contribution in [0.5, 0.6) is 0 Å². The maximum Gasteiger partial charge on any atom is 0.148 e. The molecule has 2 rings (SSSR count). The number of carbonyl (C=O) groups is 2. The molecule has 0 heterocycles. The Morgan fingerprint density at radius 1 is 0.824 bits per heavy atom. The van der Waals surface area contributed by atoms with Gasteiger partial charge in [0.1, 0.15) is 11.6 Å². The standard InChI is InChI=1S/C15H14O2/c1-10-5-3-7-12(10)14(16)9-15(17)13-8-4-6-11(13)2/h3-8H,9H2,1-2H3. The molecule has 0 amide bonds. The zero-order valence-corrected chi connectivity index (χ0v) is 9.99. The predicted molar refractivity (Wildman–Crippen MR) is 64.8 cm³/mol. The van der Waals surface area contributed by atoms with Gasteiger partial charge in [0.15, 0.2) is 0 Å². The van der Waals surface area contributed by atoms with Crippen molar-refractivity contribution in [2.45, 2.75) is 20.3 Å². The summed E-state index contributed by atoms with van der Waals surface area (Å²) in [5.41, 5.74) is 0. The van der Waals surface area contributed by atoms with Crippen LogP contribution in [-0.4, -0.2) is 11.6 Å². The van der Waals surface area contributed by atoms with Gasteiger partial charge in [0.2, 0.25) is 0 Å². The van der Waals surface area contributed by atoms with E-state index in [0.717, 1.165) is 11.8 Å². The minimum Gasteiger partial charge on any atom is -0.299 e. The van der Waals surface area contributed by atoms with E-state index in [4.69, 9.17) is 0 Å². The van der Waals surface area contributed by atoms with Crippen LogP contribution in [0.2, 0.25) is 0 Å². The molecular weight excluding hydrogens is 212 g/mol. The van der Waals surface area contributed by atoms with Gasteiger partial charge in [0, 0.05) is 0 Å². The van der Waals surface area contributed by atoms with Crippen LogP contribution >= 0.6 is 0 Å². The molecule has 0 unspecified atom stereocenters. The van der Waals surface area contributed by atoms with Gasteiger partial charge >= 0.3 is 0 Å². The molecule has 2 nitrogen and oxygen atoms in total. The highest BCUT2D eigenvalue weighted by Crippen LogP contribution is 2.37. The number of Topliss-reactive ketones (excluding diaryl/α,β-unsaturated/α-hetero) is 2. The molecule has 2 aliphatic carbocycles. The molecule has 0 spiro atoms. The average Bonchev–Trinajstić information content (AvgIpc) is 2.86. The second-order valence-corrected chi connectivity index (χ2v) is 4.27. The van der Waals surface area contributed by atoms with Crippen molar-refractivity contribution in [2.24, 2.45) is 0 Å². The molecular formula is C15H14O2. The third kappa shape index (κ3) is 2.78. The Bertz CT molecular complexity index is 278. The lowest BCUT2D eigenvalue weighted by Gasteiger charge is -2.15. The van der Waals surface area contributed by atoms with Gasteiger partial charge in [-0.15, -0.1) is 0 Å². The van der Waals surface area contributed by atoms with Crippen LogP contribution in [-0.2, 0) is 9.59 Å². The minimum absolute atomic E-state index is 0.0459. The first-order valence-corrected chi connectivity index (χ1v) is 5.60. The van der Waals surface area contributed by atoms with Crippen molar-refractivity contribution in [3.05, 3.63) is 62.2 Å². The fourth-order valence-corrected chi connectivity index (χ4v) is 1.98. The molecule has 0 aromatic rings. The van der Waals surface area contributed by atoms with Crippen LogP contribution in [0, 0.1) is 62.2 Å². The lowest BCUT2D eigenvalue weighted by molar-refractivity contribution is -0.124. The van der Waals surface area contributed by atoms with E-state index < -0.39 is 0 Å². The second-order valence-electron chi connectivity index (χ2n) is 4.27. The van der Waals surface area contributed by atoms with Crippen molar-refractivity contribution in [3.63, 3.8) is 0 Å². The summed E-state index contributed by atoms with van der Waals surface area (Å²) in [6.07, 6.45) is 10.9. The highest BCUT2D eigenvalue weighted by molar-refractivity contribution is 6.15. The van der Waals surface area contributed by atoms with Crippen LogP contribution < -0.4 is 0 Å². The normalized spacial score (nSPS) is 24.6. The molecule has 2 fully saturated rings. The summed E-state index contributed by atoms with van der Waals surface area (Å²) >= 11 is 0. The summed E-state index contributed by atoms with van der Waals surface area (Å²) < 4.78 is 0. The summed E-state index contributed by atoms with van der Waals surface area (Å²) in [7, 11) is 0. The highest BCUT2D eigenvalue weighted by atomic mass is 16.1. The summed E-state index contributed by atoms with van der Waals surface area (Å²) in [5.74, 6) is 2.98. The molecule has 0 N–H and O–H groups in total. The van der Waals surface area contributed by atoms with E-state index in [9.17, 15) is 9.59 Å². The maximum atomic E-state index is 11.9. The van der Waals surface area contributed by atoms with E-state index >= 15 is 0 Å². The van der Waals surface area contributed by atoms with E-state index in [2.05, 4.69) is 0 Å². The number of rotatable bonds is 4. The first-order chi connectivity index (χ1) is 8.09. The van der Waals surface area contributed by atoms with Crippen molar-refractivity contribution < 1.29 is 9.59 Å². The minimum atomic E-state index is -0.0990. The third-order valence-corrected chi connectivity index (χ3v) is 2.99. The maximum absolute atomic E-state index is 11.9. The third-order valence-electron chi connectivity index (χ3n) is 2.99. The molecule has 0 aromatic carbocycles. The summed E-state index contributed by atoms with van der Waals surface area (Å²) in [5, 5.41) is 0. The number of hydrogen-bond acceptors (Lipinski definition) is 2. The summed E-state index contributed by atoms with van der Waals surface area (Å²) in [6.45, 7) is 3.76. The molecule has 0 saturated heterocycles. The van der Waals surface area contributed by atoms with Crippen molar-refractivity contribution in [2.75, 3.05) is 0 Å². The molecule has 2 saturated carbocycles. The van der Waals surface area contributed by atoms with Gasteiger partial charge in [-0.2, -0.15) is 0 Å². The van der Waals surface area contributed by atoms with Gasteiger partial charge in [0.25, 0.3) is 0 Å². The fraction of sp³-hybridized carbons (Fsp3) is 0.200. The summed E-state index contributed by atoms with van der Waals surface area (Å²) in [4.78, 5) is 23.8. The van der Waals surface area contributed by atoms with Crippen LogP contribution in [0.15, 0.2) is 0 Å². The van der Waals surface area contributed by atoms with E-state index in [1.165, 1.54) is 0 Å². The second kappa shape index (κ2) is 5.32.